The lowest BCUT2D eigenvalue weighted by Gasteiger charge is -2.19. The number of aromatic nitrogens is 3. The van der Waals surface area contributed by atoms with Gasteiger partial charge in [0.25, 0.3) is 0 Å². The van der Waals surface area contributed by atoms with Crippen LogP contribution >= 0.6 is 11.6 Å². The van der Waals surface area contributed by atoms with E-state index in [-0.39, 0.29) is 6.04 Å². The van der Waals surface area contributed by atoms with Crippen molar-refractivity contribution in [3.63, 3.8) is 0 Å². The van der Waals surface area contributed by atoms with Gasteiger partial charge < -0.3 is 5.32 Å². The van der Waals surface area contributed by atoms with E-state index < -0.39 is 0 Å². The fourth-order valence-electron chi connectivity index (χ4n) is 2.35. The molecule has 1 heterocycles. The van der Waals surface area contributed by atoms with Crippen molar-refractivity contribution in [2.24, 2.45) is 0 Å². The molecule has 1 aromatic carbocycles. The number of benzene rings is 1. The summed E-state index contributed by atoms with van der Waals surface area (Å²) in [7, 11) is 0. The zero-order chi connectivity index (χ0) is 14.4. The van der Waals surface area contributed by atoms with Crippen LogP contribution in [0, 0.1) is 0 Å². The van der Waals surface area contributed by atoms with Crippen LogP contribution in [0.5, 0.6) is 0 Å². The van der Waals surface area contributed by atoms with Crippen LogP contribution < -0.4 is 5.32 Å². The molecule has 0 bridgehead atoms. The molecular weight excluding hydrogens is 272 g/mol. The van der Waals surface area contributed by atoms with Gasteiger partial charge in [-0.15, -0.1) is 5.10 Å². The Morgan fingerprint density at radius 3 is 2.90 bits per heavy atom. The van der Waals surface area contributed by atoms with Crippen molar-refractivity contribution in [3.05, 3.63) is 46.7 Å². The minimum atomic E-state index is 0.208. The molecule has 1 N–H and O–H groups in total. The standard InChI is InChI=1S/C15H21ClN4/c1-3-8-20-15(11-18-19-20)14(17-4-2)10-12-6-5-7-13(16)9-12/h5-7,9,11,14,17H,3-4,8,10H2,1-2H3. The van der Waals surface area contributed by atoms with Gasteiger partial charge in [-0.3, -0.25) is 0 Å². The molecule has 5 heteroatoms. The van der Waals surface area contributed by atoms with E-state index in [9.17, 15) is 0 Å². The molecule has 0 amide bonds. The second-order valence-corrected chi connectivity index (χ2v) is 5.26. The van der Waals surface area contributed by atoms with Crippen molar-refractivity contribution in [3.8, 4) is 0 Å². The van der Waals surface area contributed by atoms with Crippen LogP contribution in [0.4, 0.5) is 0 Å². The van der Waals surface area contributed by atoms with E-state index in [0.29, 0.717) is 0 Å². The molecule has 108 valence electrons. The SMILES string of the molecule is CCCn1nncc1C(Cc1cccc(Cl)c1)NCC. The molecule has 4 nitrogen and oxygen atoms in total. The Morgan fingerprint density at radius 2 is 2.20 bits per heavy atom. The van der Waals surface area contributed by atoms with Gasteiger partial charge in [0.05, 0.1) is 17.9 Å². The lowest BCUT2D eigenvalue weighted by Crippen LogP contribution is -2.25. The van der Waals surface area contributed by atoms with Gasteiger partial charge in [0.15, 0.2) is 0 Å². The van der Waals surface area contributed by atoms with Crippen molar-refractivity contribution >= 4 is 11.6 Å². The topological polar surface area (TPSA) is 42.7 Å². The van der Waals surface area contributed by atoms with Gasteiger partial charge in [-0.05, 0) is 37.1 Å². The number of likely N-dealkylation sites (N-methyl/N-ethyl adjacent to an activating group) is 1. The molecule has 0 saturated carbocycles. The summed E-state index contributed by atoms with van der Waals surface area (Å²) in [5.41, 5.74) is 2.35. The van der Waals surface area contributed by atoms with Crippen molar-refractivity contribution in [1.29, 1.82) is 0 Å². The molecule has 0 radical (unpaired) electrons. The zero-order valence-electron chi connectivity index (χ0n) is 12.0. The number of hydrogen-bond acceptors (Lipinski definition) is 3. The van der Waals surface area contributed by atoms with Crippen LogP contribution in [0.3, 0.4) is 0 Å². The van der Waals surface area contributed by atoms with Gasteiger partial charge in [-0.25, -0.2) is 4.68 Å². The average molecular weight is 293 g/mol. The second kappa shape index (κ2) is 7.41. The van der Waals surface area contributed by atoms with E-state index >= 15 is 0 Å². The predicted octanol–water partition coefficient (Wildman–Crippen LogP) is 3.23. The first-order valence-corrected chi connectivity index (χ1v) is 7.48. The monoisotopic (exact) mass is 292 g/mol. The molecule has 0 spiro atoms. The molecule has 20 heavy (non-hydrogen) atoms. The first-order chi connectivity index (χ1) is 9.74. The Hall–Kier alpha value is -1.39. The number of nitrogens with zero attached hydrogens (tertiary/aromatic N) is 3. The summed E-state index contributed by atoms with van der Waals surface area (Å²) in [4.78, 5) is 0. The fraction of sp³-hybridized carbons (Fsp3) is 0.467. The van der Waals surface area contributed by atoms with Crippen LogP contribution in [0.15, 0.2) is 30.5 Å². The Kier molecular flexibility index (Phi) is 5.56. The Bertz CT molecular complexity index is 538. The minimum absolute atomic E-state index is 0.208. The summed E-state index contributed by atoms with van der Waals surface area (Å²) in [6, 6.07) is 8.21. The van der Waals surface area contributed by atoms with E-state index in [1.165, 1.54) is 5.56 Å². The van der Waals surface area contributed by atoms with E-state index in [0.717, 1.165) is 36.6 Å². The third-order valence-electron chi connectivity index (χ3n) is 3.22. The molecule has 1 atom stereocenters. The number of hydrogen-bond donors (Lipinski definition) is 1. The lowest BCUT2D eigenvalue weighted by atomic mass is 10.0. The quantitative estimate of drug-likeness (QED) is 0.852. The van der Waals surface area contributed by atoms with Crippen LogP contribution in [0.1, 0.15) is 37.6 Å². The number of halogens is 1. The molecule has 0 saturated heterocycles. The highest BCUT2D eigenvalue weighted by Crippen LogP contribution is 2.20. The molecule has 1 aromatic heterocycles. The smallest absolute Gasteiger partial charge is 0.0759 e. The van der Waals surface area contributed by atoms with E-state index in [4.69, 9.17) is 11.6 Å². The van der Waals surface area contributed by atoms with Gasteiger partial charge in [-0.1, -0.05) is 42.8 Å². The van der Waals surface area contributed by atoms with Gasteiger partial charge in [0.2, 0.25) is 0 Å². The van der Waals surface area contributed by atoms with Gasteiger partial charge in [-0.2, -0.15) is 0 Å². The maximum Gasteiger partial charge on any atom is 0.0759 e. The summed E-state index contributed by atoms with van der Waals surface area (Å²) in [5, 5.41) is 12.5. The number of nitrogens with one attached hydrogen (secondary N) is 1. The van der Waals surface area contributed by atoms with Gasteiger partial charge in [0.1, 0.15) is 0 Å². The maximum atomic E-state index is 6.06. The van der Waals surface area contributed by atoms with Crippen molar-refractivity contribution in [1.82, 2.24) is 20.3 Å². The minimum Gasteiger partial charge on any atom is -0.309 e. The molecule has 0 aliphatic heterocycles. The third kappa shape index (κ3) is 3.81. The molecular formula is C15H21ClN4. The predicted molar refractivity (Wildman–Crippen MR) is 81.9 cm³/mol. The highest BCUT2D eigenvalue weighted by molar-refractivity contribution is 6.30. The van der Waals surface area contributed by atoms with Crippen LogP contribution in [-0.2, 0) is 13.0 Å². The zero-order valence-corrected chi connectivity index (χ0v) is 12.8. The van der Waals surface area contributed by atoms with E-state index in [1.54, 1.807) is 0 Å². The highest BCUT2D eigenvalue weighted by Gasteiger charge is 2.16. The third-order valence-corrected chi connectivity index (χ3v) is 3.45. The Balaban J connectivity index is 2.20. The lowest BCUT2D eigenvalue weighted by molar-refractivity contribution is 0.474. The first kappa shape index (κ1) is 15.0. The van der Waals surface area contributed by atoms with Crippen molar-refractivity contribution < 1.29 is 0 Å². The fourth-order valence-corrected chi connectivity index (χ4v) is 2.56. The molecule has 2 rings (SSSR count). The van der Waals surface area contributed by atoms with Gasteiger partial charge in [0, 0.05) is 11.6 Å². The van der Waals surface area contributed by atoms with E-state index in [2.05, 4.69) is 35.5 Å². The summed E-state index contributed by atoms with van der Waals surface area (Å²) in [6.07, 6.45) is 3.78. The Labute approximate surface area is 125 Å². The second-order valence-electron chi connectivity index (χ2n) is 4.83. The van der Waals surface area contributed by atoms with Crippen LogP contribution in [0.25, 0.3) is 0 Å². The molecule has 2 aromatic rings. The molecule has 0 fully saturated rings. The summed E-state index contributed by atoms with van der Waals surface area (Å²) < 4.78 is 1.98. The summed E-state index contributed by atoms with van der Waals surface area (Å²) >= 11 is 6.06. The number of aryl methyl sites for hydroxylation is 1. The van der Waals surface area contributed by atoms with Crippen molar-refractivity contribution in [2.75, 3.05) is 6.54 Å². The molecule has 0 aliphatic rings. The average Bonchev–Trinajstić information content (AvgIpc) is 2.87. The molecule has 0 aliphatic carbocycles. The van der Waals surface area contributed by atoms with Gasteiger partial charge >= 0.3 is 0 Å². The Morgan fingerprint density at radius 1 is 1.35 bits per heavy atom. The molecule has 1 unspecified atom stereocenters. The first-order valence-electron chi connectivity index (χ1n) is 7.10. The summed E-state index contributed by atoms with van der Waals surface area (Å²) in [6.45, 7) is 6.05. The number of rotatable bonds is 7. The van der Waals surface area contributed by atoms with Crippen molar-refractivity contribution in [2.45, 2.75) is 39.3 Å². The normalized spacial score (nSPS) is 12.6. The van der Waals surface area contributed by atoms with Crippen LogP contribution in [-0.4, -0.2) is 21.5 Å². The van der Waals surface area contributed by atoms with Crippen LogP contribution in [0.2, 0.25) is 5.02 Å². The maximum absolute atomic E-state index is 6.06. The summed E-state index contributed by atoms with van der Waals surface area (Å²) in [5.74, 6) is 0. The largest absolute Gasteiger partial charge is 0.309 e. The van der Waals surface area contributed by atoms with E-state index in [1.807, 2.05) is 29.1 Å². The highest BCUT2D eigenvalue weighted by atomic mass is 35.5.